The second-order valence-corrected chi connectivity index (χ2v) is 16.0. The van der Waals surface area contributed by atoms with Crippen LogP contribution in [0.15, 0.2) is 11.0 Å². The van der Waals surface area contributed by atoms with Crippen molar-refractivity contribution >= 4 is 26.7 Å². The highest BCUT2D eigenvalue weighted by Gasteiger charge is 2.28. The summed E-state index contributed by atoms with van der Waals surface area (Å²) in [4.78, 5) is 18.1. The lowest BCUT2D eigenvalue weighted by Gasteiger charge is -2.26. The molecule has 0 saturated heterocycles. The van der Waals surface area contributed by atoms with Crippen molar-refractivity contribution in [3.8, 4) is 0 Å². The fourth-order valence-electron chi connectivity index (χ4n) is 1.55. The minimum absolute atomic E-state index is 0.213. The third kappa shape index (κ3) is 2.88. The predicted molar refractivity (Wildman–Crippen MR) is 70.8 cm³/mol. The zero-order valence-corrected chi connectivity index (χ0v) is 12.4. The summed E-state index contributed by atoms with van der Waals surface area (Å²) in [6.07, 6.45) is 1.79. The fraction of sp³-hybridized carbons (Fsp3) is 0.600. The molecular formula is C10H20N2OSi2. The normalized spacial score (nSPS) is 12.9. The van der Waals surface area contributed by atoms with E-state index >= 15 is 0 Å². The molecule has 0 atom stereocenters. The SMILES string of the molecule is C[Si](C)(C)c1cnc(=O)[nH]c1[Si](C)(C)C. The average Bonchev–Trinajstić information content (AvgIpc) is 2.00. The third-order valence-corrected chi connectivity index (χ3v) is 6.51. The first-order valence-electron chi connectivity index (χ1n) is 5.22. The Morgan fingerprint density at radius 1 is 1.07 bits per heavy atom. The van der Waals surface area contributed by atoms with E-state index in [1.807, 2.05) is 0 Å². The predicted octanol–water partition coefficient (Wildman–Crippen LogP) is 0.860. The van der Waals surface area contributed by atoms with Crippen LogP contribution in [-0.2, 0) is 0 Å². The summed E-state index contributed by atoms with van der Waals surface area (Å²) >= 11 is 0. The zero-order chi connectivity index (χ0) is 11.9. The maximum absolute atomic E-state index is 11.3. The molecule has 1 rings (SSSR count). The van der Waals surface area contributed by atoms with E-state index in [-0.39, 0.29) is 5.69 Å². The van der Waals surface area contributed by atoms with Gasteiger partial charge in [-0.25, -0.2) is 9.78 Å². The van der Waals surface area contributed by atoms with Crippen LogP contribution in [0, 0.1) is 0 Å². The van der Waals surface area contributed by atoms with Crippen molar-refractivity contribution < 1.29 is 0 Å². The molecule has 1 N–H and O–H groups in total. The molecule has 3 nitrogen and oxygen atoms in total. The maximum Gasteiger partial charge on any atom is 0.344 e. The van der Waals surface area contributed by atoms with Gasteiger partial charge in [-0.15, -0.1) is 0 Å². The molecule has 0 radical (unpaired) electrons. The van der Waals surface area contributed by atoms with Gasteiger partial charge in [-0.3, -0.25) is 0 Å². The lowest BCUT2D eigenvalue weighted by Crippen LogP contribution is -2.59. The van der Waals surface area contributed by atoms with Crippen LogP contribution in [0.2, 0.25) is 39.3 Å². The van der Waals surface area contributed by atoms with Crippen molar-refractivity contribution in [2.24, 2.45) is 0 Å². The molecule has 5 heteroatoms. The first-order valence-corrected chi connectivity index (χ1v) is 12.2. The molecule has 0 amide bonds. The summed E-state index contributed by atoms with van der Waals surface area (Å²) in [6, 6.07) is 0. The van der Waals surface area contributed by atoms with Gasteiger partial charge in [0.1, 0.15) is 0 Å². The quantitative estimate of drug-likeness (QED) is 0.780. The summed E-state index contributed by atoms with van der Waals surface area (Å²) in [5, 5.41) is 2.49. The minimum Gasteiger partial charge on any atom is -0.314 e. The van der Waals surface area contributed by atoms with E-state index in [0.717, 1.165) is 0 Å². The molecule has 0 aliphatic carbocycles. The molecule has 0 unspecified atom stereocenters. The zero-order valence-electron chi connectivity index (χ0n) is 10.4. The maximum atomic E-state index is 11.3. The van der Waals surface area contributed by atoms with Gasteiger partial charge in [0.25, 0.3) is 0 Å². The fourth-order valence-corrected chi connectivity index (χ4v) is 6.42. The highest BCUT2D eigenvalue weighted by atomic mass is 28.3. The standard InChI is InChI=1S/C10H20N2OSi2/c1-14(2,3)8-7-11-10(13)12-9(8)15(4,5)6/h7H,1-6H3,(H,11,12,13). The van der Waals surface area contributed by atoms with E-state index in [9.17, 15) is 4.79 Å². The molecule has 1 aromatic rings. The van der Waals surface area contributed by atoms with Gasteiger partial charge in [0.2, 0.25) is 0 Å². The molecule has 84 valence electrons. The number of nitrogens with one attached hydrogen (secondary N) is 1. The van der Waals surface area contributed by atoms with Crippen LogP contribution in [-0.4, -0.2) is 26.1 Å². The van der Waals surface area contributed by atoms with E-state index < -0.39 is 16.1 Å². The van der Waals surface area contributed by atoms with Gasteiger partial charge < -0.3 is 4.98 Å². The highest BCUT2D eigenvalue weighted by molar-refractivity contribution is 6.97. The highest BCUT2D eigenvalue weighted by Crippen LogP contribution is 2.03. The molecule has 0 saturated carbocycles. The van der Waals surface area contributed by atoms with Gasteiger partial charge in [-0.2, -0.15) is 0 Å². The smallest absolute Gasteiger partial charge is 0.314 e. The number of aromatic nitrogens is 2. The topological polar surface area (TPSA) is 45.8 Å². The Bertz CT molecular complexity index is 413. The molecule has 0 spiro atoms. The van der Waals surface area contributed by atoms with Gasteiger partial charge in [-0.05, 0) is 5.19 Å². The van der Waals surface area contributed by atoms with Crippen molar-refractivity contribution in [2.45, 2.75) is 39.3 Å². The van der Waals surface area contributed by atoms with Crippen molar-refractivity contribution in [1.82, 2.24) is 9.97 Å². The number of hydrogen-bond acceptors (Lipinski definition) is 2. The van der Waals surface area contributed by atoms with E-state index in [1.165, 1.54) is 10.5 Å². The lowest BCUT2D eigenvalue weighted by atomic mass is 10.7. The summed E-state index contributed by atoms with van der Waals surface area (Å²) in [5.74, 6) is 0. The summed E-state index contributed by atoms with van der Waals surface area (Å²) < 4.78 is 0. The molecule has 0 aromatic carbocycles. The van der Waals surface area contributed by atoms with Crippen LogP contribution in [0.25, 0.3) is 0 Å². The Labute approximate surface area is 93.0 Å². The molecule has 0 aliphatic heterocycles. The minimum atomic E-state index is -1.48. The number of H-pyrrole nitrogens is 1. The summed E-state index contributed by atoms with van der Waals surface area (Å²) in [5.41, 5.74) is -0.213. The molecule has 0 bridgehead atoms. The number of nitrogens with zero attached hydrogens (tertiary/aromatic N) is 1. The summed E-state index contributed by atoms with van der Waals surface area (Å²) in [6.45, 7) is 13.6. The van der Waals surface area contributed by atoms with Crippen LogP contribution in [0.1, 0.15) is 0 Å². The number of aromatic amines is 1. The molecule has 1 heterocycles. The lowest BCUT2D eigenvalue weighted by molar-refractivity contribution is 1.10. The summed E-state index contributed by atoms with van der Waals surface area (Å²) in [7, 11) is -2.89. The molecule has 0 fully saturated rings. The number of hydrogen-bond donors (Lipinski definition) is 1. The second kappa shape index (κ2) is 3.71. The van der Waals surface area contributed by atoms with Crippen molar-refractivity contribution in [3.63, 3.8) is 0 Å². The van der Waals surface area contributed by atoms with E-state index in [4.69, 9.17) is 0 Å². The average molecular weight is 240 g/mol. The van der Waals surface area contributed by atoms with Crippen LogP contribution in [0.3, 0.4) is 0 Å². The Kier molecular flexibility index (Phi) is 3.07. The Morgan fingerprint density at radius 2 is 1.60 bits per heavy atom. The van der Waals surface area contributed by atoms with Crippen LogP contribution in [0.4, 0.5) is 0 Å². The molecule has 0 aliphatic rings. The largest absolute Gasteiger partial charge is 0.344 e. The first kappa shape index (κ1) is 12.4. The van der Waals surface area contributed by atoms with Crippen molar-refractivity contribution in [3.05, 3.63) is 16.7 Å². The first-order chi connectivity index (χ1) is 6.62. The van der Waals surface area contributed by atoms with Gasteiger partial charge in [0, 0.05) is 11.5 Å². The monoisotopic (exact) mass is 240 g/mol. The Morgan fingerprint density at radius 3 is 2.00 bits per heavy atom. The molecule has 1 aromatic heterocycles. The molecule has 15 heavy (non-hydrogen) atoms. The van der Waals surface area contributed by atoms with Gasteiger partial charge in [-0.1, -0.05) is 39.3 Å². The van der Waals surface area contributed by atoms with E-state index in [0.29, 0.717) is 0 Å². The Hall–Kier alpha value is -0.686. The van der Waals surface area contributed by atoms with Crippen LogP contribution >= 0.6 is 0 Å². The van der Waals surface area contributed by atoms with E-state index in [2.05, 4.69) is 49.3 Å². The van der Waals surface area contributed by atoms with E-state index in [1.54, 1.807) is 6.20 Å². The second-order valence-electron chi connectivity index (χ2n) is 5.98. The van der Waals surface area contributed by atoms with Crippen LogP contribution in [0.5, 0.6) is 0 Å². The van der Waals surface area contributed by atoms with Gasteiger partial charge >= 0.3 is 5.69 Å². The van der Waals surface area contributed by atoms with Crippen molar-refractivity contribution in [2.75, 3.05) is 0 Å². The number of rotatable bonds is 2. The van der Waals surface area contributed by atoms with Crippen molar-refractivity contribution in [1.29, 1.82) is 0 Å². The third-order valence-electron chi connectivity index (χ3n) is 2.37. The Balaban J connectivity index is 3.48. The van der Waals surface area contributed by atoms with Gasteiger partial charge in [0.15, 0.2) is 0 Å². The molecular weight excluding hydrogens is 220 g/mol. The van der Waals surface area contributed by atoms with Gasteiger partial charge in [0.05, 0.1) is 16.1 Å². The van der Waals surface area contributed by atoms with Crippen LogP contribution < -0.4 is 16.2 Å².